The minimum Gasteiger partial charge on any atom is -0.494 e. The zero-order chi connectivity index (χ0) is 16.4. The highest BCUT2D eigenvalue weighted by Crippen LogP contribution is 2.14. The number of hydrogen-bond donors (Lipinski definition) is 0. The molecule has 120 valence electrons. The first kappa shape index (κ1) is 17.9. The normalized spacial score (nSPS) is 10.1. The Hall–Kier alpha value is -2.17. The number of benzene rings is 1. The molecule has 0 amide bonds. The molecule has 0 aromatic heterocycles. The van der Waals surface area contributed by atoms with E-state index < -0.39 is 24.0 Å². The van der Waals surface area contributed by atoms with Crippen molar-refractivity contribution in [3.63, 3.8) is 0 Å². The maximum atomic E-state index is 11.9. The van der Waals surface area contributed by atoms with E-state index in [9.17, 15) is 14.4 Å². The molecular weight excluding hydrogens is 284 g/mol. The SMILES string of the molecule is CCCCCOc1ccc(C(=O)CC(=O)C(=O)OCC)cc1. The molecule has 0 aliphatic carbocycles. The monoisotopic (exact) mass is 306 g/mol. The van der Waals surface area contributed by atoms with Gasteiger partial charge in [0.25, 0.3) is 0 Å². The van der Waals surface area contributed by atoms with Crippen molar-refractivity contribution in [3.8, 4) is 5.75 Å². The summed E-state index contributed by atoms with van der Waals surface area (Å²) in [5.41, 5.74) is 0.374. The van der Waals surface area contributed by atoms with Crippen molar-refractivity contribution in [2.24, 2.45) is 0 Å². The Labute approximate surface area is 130 Å². The molecule has 0 bridgehead atoms. The number of carbonyl (C=O) groups excluding carboxylic acids is 3. The van der Waals surface area contributed by atoms with E-state index in [1.54, 1.807) is 31.2 Å². The molecule has 0 aliphatic rings. The van der Waals surface area contributed by atoms with E-state index in [0.717, 1.165) is 19.3 Å². The Morgan fingerprint density at radius 3 is 2.27 bits per heavy atom. The Balaban J connectivity index is 2.50. The van der Waals surface area contributed by atoms with Crippen molar-refractivity contribution in [1.29, 1.82) is 0 Å². The van der Waals surface area contributed by atoms with E-state index in [1.165, 1.54) is 0 Å². The quantitative estimate of drug-likeness (QED) is 0.218. The largest absolute Gasteiger partial charge is 0.494 e. The van der Waals surface area contributed by atoms with Gasteiger partial charge in [-0.05, 0) is 37.6 Å². The van der Waals surface area contributed by atoms with Crippen LogP contribution in [0.3, 0.4) is 0 Å². The minimum atomic E-state index is -0.966. The van der Waals surface area contributed by atoms with Crippen LogP contribution in [0.25, 0.3) is 0 Å². The highest BCUT2D eigenvalue weighted by atomic mass is 16.5. The van der Waals surface area contributed by atoms with Crippen LogP contribution in [-0.2, 0) is 14.3 Å². The molecule has 5 nitrogen and oxygen atoms in total. The summed E-state index contributed by atoms with van der Waals surface area (Å²) in [5.74, 6) is -1.52. The van der Waals surface area contributed by atoms with Crippen LogP contribution in [0.15, 0.2) is 24.3 Å². The molecule has 0 atom stereocenters. The van der Waals surface area contributed by atoms with Crippen molar-refractivity contribution < 1.29 is 23.9 Å². The maximum Gasteiger partial charge on any atom is 0.375 e. The molecule has 22 heavy (non-hydrogen) atoms. The van der Waals surface area contributed by atoms with Gasteiger partial charge in [-0.25, -0.2) is 4.79 Å². The fraction of sp³-hybridized carbons (Fsp3) is 0.471. The third kappa shape index (κ3) is 6.08. The molecule has 1 rings (SSSR count). The summed E-state index contributed by atoms with van der Waals surface area (Å²) in [6.45, 7) is 4.48. The van der Waals surface area contributed by atoms with Gasteiger partial charge in [0.2, 0.25) is 5.78 Å². The van der Waals surface area contributed by atoms with Crippen molar-refractivity contribution in [1.82, 2.24) is 0 Å². The zero-order valence-corrected chi connectivity index (χ0v) is 13.1. The first-order valence-electron chi connectivity index (χ1n) is 7.54. The lowest BCUT2D eigenvalue weighted by Crippen LogP contribution is -2.20. The molecular formula is C17H22O5. The molecule has 0 N–H and O–H groups in total. The molecule has 0 heterocycles. The topological polar surface area (TPSA) is 69.7 Å². The fourth-order valence-corrected chi connectivity index (χ4v) is 1.81. The van der Waals surface area contributed by atoms with Gasteiger partial charge in [0.15, 0.2) is 5.78 Å². The van der Waals surface area contributed by atoms with Gasteiger partial charge in [0.1, 0.15) is 5.75 Å². The zero-order valence-electron chi connectivity index (χ0n) is 13.1. The first-order valence-corrected chi connectivity index (χ1v) is 7.54. The van der Waals surface area contributed by atoms with Crippen molar-refractivity contribution >= 4 is 17.5 Å². The fourth-order valence-electron chi connectivity index (χ4n) is 1.81. The number of carbonyl (C=O) groups is 3. The van der Waals surface area contributed by atoms with Crippen LogP contribution in [0, 0.1) is 0 Å². The second-order valence-electron chi connectivity index (χ2n) is 4.82. The standard InChI is InChI=1S/C17H22O5/c1-3-5-6-11-22-14-9-7-13(8-10-14)15(18)12-16(19)17(20)21-4-2/h7-10H,3-6,11-12H2,1-2H3. The molecule has 0 saturated heterocycles. The number of ketones is 2. The second-order valence-corrected chi connectivity index (χ2v) is 4.82. The molecule has 0 unspecified atom stereocenters. The third-order valence-corrected chi connectivity index (χ3v) is 3.02. The van der Waals surface area contributed by atoms with Crippen molar-refractivity contribution in [3.05, 3.63) is 29.8 Å². The summed E-state index contributed by atoms with van der Waals surface area (Å²) in [5, 5.41) is 0. The summed E-state index contributed by atoms with van der Waals surface area (Å²) in [6, 6.07) is 6.56. The van der Waals surface area contributed by atoms with E-state index in [0.29, 0.717) is 17.9 Å². The lowest BCUT2D eigenvalue weighted by atomic mass is 10.1. The van der Waals surface area contributed by atoms with Crippen LogP contribution >= 0.6 is 0 Å². The predicted molar refractivity (Wildman–Crippen MR) is 82.0 cm³/mol. The molecule has 0 aliphatic heterocycles. The van der Waals surface area contributed by atoms with E-state index in [-0.39, 0.29) is 6.61 Å². The molecule has 0 saturated carbocycles. The second kappa shape index (κ2) is 9.71. The van der Waals surface area contributed by atoms with Crippen LogP contribution in [0.4, 0.5) is 0 Å². The highest BCUT2D eigenvalue weighted by Gasteiger charge is 2.19. The summed E-state index contributed by atoms with van der Waals surface area (Å²) in [4.78, 5) is 34.6. The van der Waals surface area contributed by atoms with Gasteiger partial charge in [-0.2, -0.15) is 0 Å². The number of unbranched alkanes of at least 4 members (excludes halogenated alkanes) is 2. The number of hydrogen-bond acceptors (Lipinski definition) is 5. The average Bonchev–Trinajstić information content (AvgIpc) is 2.52. The Bertz CT molecular complexity index is 504. The first-order chi connectivity index (χ1) is 10.6. The highest BCUT2D eigenvalue weighted by molar-refractivity contribution is 6.38. The Morgan fingerprint density at radius 2 is 1.68 bits per heavy atom. The molecule has 5 heteroatoms. The van der Waals surface area contributed by atoms with Crippen molar-refractivity contribution in [2.45, 2.75) is 39.5 Å². The molecule has 1 aromatic carbocycles. The van der Waals surface area contributed by atoms with Crippen LogP contribution in [-0.4, -0.2) is 30.7 Å². The van der Waals surface area contributed by atoms with E-state index >= 15 is 0 Å². The van der Waals surface area contributed by atoms with Gasteiger partial charge in [-0.3, -0.25) is 9.59 Å². The smallest absolute Gasteiger partial charge is 0.375 e. The number of ether oxygens (including phenoxy) is 2. The lowest BCUT2D eigenvalue weighted by Gasteiger charge is -2.06. The molecule has 0 radical (unpaired) electrons. The molecule has 1 aromatic rings. The van der Waals surface area contributed by atoms with Gasteiger partial charge in [0, 0.05) is 5.56 Å². The van der Waals surface area contributed by atoms with Gasteiger partial charge in [-0.15, -0.1) is 0 Å². The summed E-state index contributed by atoms with van der Waals surface area (Å²) < 4.78 is 10.1. The number of rotatable bonds is 10. The Morgan fingerprint density at radius 1 is 1.00 bits per heavy atom. The summed E-state index contributed by atoms with van der Waals surface area (Å²) >= 11 is 0. The van der Waals surface area contributed by atoms with Gasteiger partial charge in [0.05, 0.1) is 19.6 Å². The third-order valence-electron chi connectivity index (χ3n) is 3.02. The van der Waals surface area contributed by atoms with E-state index in [2.05, 4.69) is 11.7 Å². The summed E-state index contributed by atoms with van der Waals surface area (Å²) in [6.07, 6.45) is 2.76. The summed E-state index contributed by atoms with van der Waals surface area (Å²) in [7, 11) is 0. The Kier molecular flexibility index (Phi) is 7.89. The van der Waals surface area contributed by atoms with Crippen LogP contribution in [0.2, 0.25) is 0 Å². The van der Waals surface area contributed by atoms with Crippen molar-refractivity contribution in [2.75, 3.05) is 13.2 Å². The number of esters is 1. The lowest BCUT2D eigenvalue weighted by molar-refractivity contribution is -0.153. The molecule has 0 spiro atoms. The van der Waals surface area contributed by atoms with Gasteiger partial charge < -0.3 is 9.47 Å². The van der Waals surface area contributed by atoms with Crippen LogP contribution in [0.1, 0.15) is 49.9 Å². The van der Waals surface area contributed by atoms with Crippen LogP contribution < -0.4 is 4.74 Å². The maximum absolute atomic E-state index is 11.9. The number of Topliss-reactive ketones (excluding diaryl/α,β-unsaturated/α-hetero) is 2. The minimum absolute atomic E-state index is 0.114. The average molecular weight is 306 g/mol. The van der Waals surface area contributed by atoms with Gasteiger partial charge in [-0.1, -0.05) is 19.8 Å². The molecule has 0 fully saturated rings. The van der Waals surface area contributed by atoms with Crippen LogP contribution in [0.5, 0.6) is 5.75 Å². The predicted octanol–water partition coefficient (Wildman–Crippen LogP) is 2.96. The van der Waals surface area contributed by atoms with Gasteiger partial charge >= 0.3 is 5.97 Å². The van der Waals surface area contributed by atoms with E-state index in [1.807, 2.05) is 0 Å². The van der Waals surface area contributed by atoms with E-state index in [4.69, 9.17) is 4.74 Å².